The van der Waals surface area contributed by atoms with Crippen LogP contribution in [0.2, 0.25) is 0 Å². The molecule has 0 bridgehead atoms. The van der Waals surface area contributed by atoms with E-state index < -0.39 is 0 Å². The van der Waals surface area contributed by atoms with Crippen LogP contribution in [0.15, 0.2) is 67.0 Å². The lowest BCUT2D eigenvalue weighted by molar-refractivity contribution is -0.0349. The van der Waals surface area contributed by atoms with Gasteiger partial charge >= 0.3 is 0 Å². The van der Waals surface area contributed by atoms with E-state index in [1.165, 1.54) is 5.56 Å². The Morgan fingerprint density at radius 2 is 1.82 bits per heavy atom. The van der Waals surface area contributed by atoms with E-state index in [0.717, 1.165) is 53.2 Å². The zero-order chi connectivity index (χ0) is 22.8. The first kappa shape index (κ1) is 21.3. The summed E-state index contributed by atoms with van der Waals surface area (Å²) in [5.41, 5.74) is 10.9. The molecule has 1 saturated heterocycles. The van der Waals surface area contributed by atoms with Crippen molar-refractivity contribution in [1.29, 1.82) is 0 Å². The fourth-order valence-corrected chi connectivity index (χ4v) is 4.26. The van der Waals surface area contributed by atoms with Crippen LogP contribution in [0.25, 0.3) is 22.0 Å². The molecule has 2 N–H and O–H groups in total. The van der Waals surface area contributed by atoms with Crippen LogP contribution in [0.5, 0.6) is 0 Å². The summed E-state index contributed by atoms with van der Waals surface area (Å²) in [5.74, 6) is 1.52. The molecule has 1 aliphatic rings. The van der Waals surface area contributed by atoms with Crippen LogP contribution in [-0.2, 0) is 11.3 Å². The minimum absolute atomic E-state index is 0.0615. The van der Waals surface area contributed by atoms with Crippen LogP contribution in [0.3, 0.4) is 0 Å². The van der Waals surface area contributed by atoms with Gasteiger partial charge in [-0.3, -0.25) is 9.88 Å². The summed E-state index contributed by atoms with van der Waals surface area (Å²) in [7, 11) is 4.09. The zero-order valence-electron chi connectivity index (χ0n) is 19.0. The Labute approximate surface area is 193 Å². The van der Waals surface area contributed by atoms with Gasteiger partial charge in [-0.05, 0) is 30.3 Å². The van der Waals surface area contributed by atoms with Crippen LogP contribution < -0.4 is 10.6 Å². The van der Waals surface area contributed by atoms with Gasteiger partial charge in [0.2, 0.25) is 0 Å². The van der Waals surface area contributed by atoms with Crippen molar-refractivity contribution in [2.45, 2.75) is 12.6 Å². The topological polar surface area (TPSA) is 80.4 Å². The third-order valence-corrected chi connectivity index (χ3v) is 5.98. The molecule has 4 heterocycles. The number of pyridine rings is 3. The lowest BCUT2D eigenvalue weighted by Gasteiger charge is -2.33. The van der Waals surface area contributed by atoms with Gasteiger partial charge in [-0.1, -0.05) is 24.3 Å². The Morgan fingerprint density at radius 1 is 1.03 bits per heavy atom. The number of anilines is 2. The van der Waals surface area contributed by atoms with E-state index in [4.69, 9.17) is 20.4 Å². The number of benzene rings is 1. The number of para-hydroxylation sites is 1. The van der Waals surface area contributed by atoms with Gasteiger partial charge in [0, 0.05) is 68.2 Å². The number of hydrogen-bond acceptors (Lipinski definition) is 7. The first-order valence-corrected chi connectivity index (χ1v) is 11.1. The molecule has 0 spiro atoms. The molecule has 3 aromatic heterocycles. The Hall–Kier alpha value is -3.55. The summed E-state index contributed by atoms with van der Waals surface area (Å²) in [6.45, 7) is 3.16. The molecule has 1 aliphatic heterocycles. The van der Waals surface area contributed by atoms with E-state index in [0.29, 0.717) is 12.4 Å². The largest absolute Gasteiger partial charge is 0.384 e. The van der Waals surface area contributed by atoms with E-state index in [2.05, 4.69) is 45.1 Å². The quantitative estimate of drug-likeness (QED) is 0.504. The van der Waals surface area contributed by atoms with Gasteiger partial charge in [0.25, 0.3) is 0 Å². The highest BCUT2D eigenvalue weighted by Crippen LogP contribution is 2.28. The zero-order valence-corrected chi connectivity index (χ0v) is 19.0. The summed E-state index contributed by atoms with van der Waals surface area (Å²) in [4.78, 5) is 18.3. The number of rotatable bonds is 5. The molecule has 7 heteroatoms. The summed E-state index contributed by atoms with van der Waals surface area (Å²) in [6.07, 6.45) is 3.58. The van der Waals surface area contributed by atoms with Crippen molar-refractivity contribution in [2.75, 3.05) is 44.4 Å². The predicted molar refractivity (Wildman–Crippen MR) is 132 cm³/mol. The second-order valence-electron chi connectivity index (χ2n) is 8.60. The lowest BCUT2D eigenvalue weighted by Crippen LogP contribution is -2.38. The van der Waals surface area contributed by atoms with E-state index >= 15 is 0 Å². The van der Waals surface area contributed by atoms with Crippen molar-refractivity contribution in [3.05, 3.63) is 78.2 Å². The van der Waals surface area contributed by atoms with Crippen molar-refractivity contribution in [3.8, 4) is 11.1 Å². The molecule has 0 amide bonds. The summed E-state index contributed by atoms with van der Waals surface area (Å²) in [5, 5.41) is 1.16. The molecule has 168 valence electrons. The molecule has 1 fully saturated rings. The average Bonchev–Trinajstić information content (AvgIpc) is 2.84. The third kappa shape index (κ3) is 4.65. The van der Waals surface area contributed by atoms with Crippen LogP contribution in [-0.4, -0.2) is 53.6 Å². The Kier molecular flexibility index (Phi) is 5.90. The minimum atomic E-state index is -0.0615. The Balaban J connectivity index is 1.33. The van der Waals surface area contributed by atoms with Crippen molar-refractivity contribution in [1.82, 2.24) is 19.9 Å². The maximum Gasteiger partial charge on any atom is 0.133 e. The molecule has 0 saturated carbocycles. The minimum Gasteiger partial charge on any atom is -0.384 e. The number of nitrogen functional groups attached to an aromatic ring is 1. The van der Waals surface area contributed by atoms with E-state index in [-0.39, 0.29) is 6.10 Å². The number of morpholine rings is 1. The van der Waals surface area contributed by atoms with Crippen LogP contribution in [0, 0.1) is 0 Å². The predicted octanol–water partition coefficient (Wildman–Crippen LogP) is 3.91. The highest BCUT2D eigenvalue weighted by Gasteiger charge is 2.24. The van der Waals surface area contributed by atoms with Gasteiger partial charge in [-0.15, -0.1) is 0 Å². The molecule has 0 radical (unpaired) electrons. The number of fused-ring (bicyclic) bond motifs is 1. The van der Waals surface area contributed by atoms with Crippen molar-refractivity contribution < 1.29 is 4.74 Å². The van der Waals surface area contributed by atoms with Gasteiger partial charge in [0.1, 0.15) is 17.7 Å². The molecule has 5 rings (SSSR count). The van der Waals surface area contributed by atoms with Crippen molar-refractivity contribution in [2.24, 2.45) is 0 Å². The molecule has 33 heavy (non-hydrogen) atoms. The first-order chi connectivity index (χ1) is 16.1. The number of hydrogen-bond donors (Lipinski definition) is 1. The SMILES string of the molecule is CN(C)c1nc2ccccc2cc1CN1CCOC(c2ccc(-c3ccc(N)nc3)cn2)C1. The molecule has 7 nitrogen and oxygen atoms in total. The normalized spacial score (nSPS) is 16.7. The third-order valence-electron chi connectivity index (χ3n) is 5.98. The highest BCUT2D eigenvalue weighted by atomic mass is 16.5. The highest BCUT2D eigenvalue weighted by molar-refractivity contribution is 5.81. The summed E-state index contributed by atoms with van der Waals surface area (Å²) < 4.78 is 6.08. The first-order valence-electron chi connectivity index (χ1n) is 11.1. The molecule has 0 aliphatic carbocycles. The van der Waals surface area contributed by atoms with Gasteiger partial charge in [0.15, 0.2) is 0 Å². The number of nitrogens with zero attached hydrogens (tertiary/aromatic N) is 5. The Morgan fingerprint density at radius 3 is 2.55 bits per heavy atom. The standard InChI is InChI=1S/C26H28N6O/c1-31(2)26-21(13-18-5-3-4-6-22(18)30-26)16-32-11-12-33-24(17-32)23-9-7-19(14-28-23)20-8-10-25(27)29-15-20/h3-10,13-15,24H,11-12,16-17H2,1-2H3,(H2,27,29). The van der Waals surface area contributed by atoms with E-state index in [9.17, 15) is 0 Å². The maximum absolute atomic E-state index is 6.08. The van der Waals surface area contributed by atoms with Gasteiger partial charge in [-0.25, -0.2) is 9.97 Å². The van der Waals surface area contributed by atoms with Crippen molar-refractivity contribution in [3.63, 3.8) is 0 Å². The number of aromatic nitrogens is 3. The monoisotopic (exact) mass is 440 g/mol. The fourth-order valence-electron chi connectivity index (χ4n) is 4.26. The fraction of sp³-hybridized carbons (Fsp3) is 0.269. The number of ether oxygens (including phenoxy) is 1. The molecule has 1 atom stereocenters. The van der Waals surface area contributed by atoms with E-state index in [1.54, 1.807) is 12.3 Å². The molecular formula is C26H28N6O. The van der Waals surface area contributed by atoms with Crippen LogP contribution in [0.4, 0.5) is 11.6 Å². The second kappa shape index (κ2) is 9.13. The number of nitrogens with two attached hydrogens (primary N) is 1. The van der Waals surface area contributed by atoms with Gasteiger partial charge in [-0.2, -0.15) is 0 Å². The summed E-state index contributed by atoms with van der Waals surface area (Å²) >= 11 is 0. The van der Waals surface area contributed by atoms with Crippen molar-refractivity contribution >= 4 is 22.5 Å². The van der Waals surface area contributed by atoms with E-state index in [1.807, 2.05) is 38.5 Å². The Bertz CT molecular complexity index is 1240. The smallest absolute Gasteiger partial charge is 0.133 e. The molecule has 4 aromatic rings. The van der Waals surface area contributed by atoms with Gasteiger partial charge < -0.3 is 15.4 Å². The molecule has 1 unspecified atom stereocenters. The molecule has 1 aromatic carbocycles. The average molecular weight is 441 g/mol. The maximum atomic E-state index is 6.08. The summed E-state index contributed by atoms with van der Waals surface area (Å²) in [6, 6.07) is 18.4. The van der Waals surface area contributed by atoms with Gasteiger partial charge in [0.05, 0.1) is 17.8 Å². The second-order valence-corrected chi connectivity index (χ2v) is 8.60. The van der Waals surface area contributed by atoms with Crippen LogP contribution in [0.1, 0.15) is 17.4 Å². The molecular weight excluding hydrogens is 412 g/mol. The lowest BCUT2D eigenvalue weighted by atomic mass is 10.1. The van der Waals surface area contributed by atoms with Crippen LogP contribution >= 0.6 is 0 Å².